The Hall–Kier alpha value is -16.7. The quantitative estimate of drug-likeness (QED) is 0.0757. The summed E-state index contributed by atoms with van der Waals surface area (Å²) < 4.78 is 19.1. The molecular formula is C120H76N10S2Si2. The Morgan fingerprint density at radius 3 is 0.940 bits per heavy atom. The molecule has 0 saturated heterocycles. The van der Waals surface area contributed by atoms with Gasteiger partial charge in [-0.1, -0.05) is 346 Å². The van der Waals surface area contributed by atoms with Crippen LogP contribution in [0.2, 0.25) is 0 Å². The van der Waals surface area contributed by atoms with Gasteiger partial charge in [0.05, 0.1) is 66.2 Å². The monoisotopic (exact) mass is 1780 g/mol. The highest BCUT2D eigenvalue weighted by Crippen LogP contribution is 2.43. The lowest BCUT2D eigenvalue weighted by atomic mass is 10.0. The molecule has 0 N–H and O–H groups in total. The summed E-state index contributed by atoms with van der Waals surface area (Å²) >= 11 is 3.83. The van der Waals surface area contributed by atoms with Gasteiger partial charge in [0, 0.05) is 61.9 Å². The highest BCUT2D eigenvalue weighted by Gasteiger charge is 2.45. The zero-order valence-electron chi connectivity index (χ0n) is 72.2. The fraction of sp³-hybridized carbons (Fsp3) is 0. The van der Waals surface area contributed by atoms with E-state index < -0.39 is 16.1 Å². The van der Waals surface area contributed by atoms with Crippen LogP contribution in [0.4, 0.5) is 0 Å². The van der Waals surface area contributed by atoms with Gasteiger partial charge in [0.2, 0.25) is 11.6 Å². The van der Waals surface area contributed by atoms with Gasteiger partial charge in [0.25, 0.3) is 0 Å². The van der Waals surface area contributed by atoms with Crippen LogP contribution in [0.15, 0.2) is 461 Å². The molecule has 28 aromatic rings. The number of nitrogens with zero attached hydrogens (tertiary/aromatic N) is 10. The number of fused-ring (bicyclic) bond motifs is 22. The topological polar surface area (TPSA) is 80.1 Å². The third-order valence-electron chi connectivity index (χ3n) is 28.2. The van der Waals surface area contributed by atoms with Crippen LogP contribution in [-0.2, 0) is 0 Å². The van der Waals surface area contributed by atoms with Crippen LogP contribution in [0, 0.1) is 0 Å². The number of thiophene rings is 2. The van der Waals surface area contributed by atoms with Crippen molar-refractivity contribution in [1.29, 1.82) is 0 Å². The average Bonchev–Trinajstić information content (AvgIpc) is 1.68. The summed E-state index contributed by atoms with van der Waals surface area (Å²) in [6.07, 6.45) is 0. The molecule has 0 aliphatic heterocycles. The van der Waals surface area contributed by atoms with Crippen LogP contribution < -0.4 is 41.5 Å². The molecule has 0 spiro atoms. The maximum atomic E-state index is 5.89. The van der Waals surface area contributed by atoms with E-state index in [9.17, 15) is 0 Å². The number of rotatable bonds is 15. The predicted octanol–water partition coefficient (Wildman–Crippen LogP) is 24.7. The fourth-order valence-corrected chi connectivity index (χ4v) is 35.4. The first-order valence-electron chi connectivity index (χ1n) is 45.6. The Kier molecular flexibility index (Phi) is 17.0. The number of benzene rings is 18. The van der Waals surface area contributed by atoms with Crippen LogP contribution in [0.5, 0.6) is 0 Å². The minimum atomic E-state index is -3.08. The zero-order chi connectivity index (χ0) is 87.9. The van der Waals surface area contributed by atoms with Crippen molar-refractivity contribution in [2.45, 2.75) is 0 Å². The Morgan fingerprint density at radius 2 is 0.493 bits per heavy atom. The maximum absolute atomic E-state index is 5.89. The fourth-order valence-electron chi connectivity index (χ4n) is 22.3. The molecule has 10 heterocycles. The number of hydrogen-bond donors (Lipinski definition) is 0. The van der Waals surface area contributed by atoms with E-state index in [1.165, 1.54) is 92.6 Å². The Morgan fingerprint density at radius 1 is 0.179 bits per heavy atom. The molecule has 14 heteroatoms. The molecule has 0 radical (unpaired) electrons. The lowest BCUT2D eigenvalue weighted by molar-refractivity contribution is 0.983. The summed E-state index contributed by atoms with van der Waals surface area (Å²) in [6, 6.07) is 171. The van der Waals surface area contributed by atoms with E-state index in [-0.39, 0.29) is 0 Å². The van der Waals surface area contributed by atoms with E-state index in [1.54, 1.807) is 0 Å². The van der Waals surface area contributed by atoms with E-state index >= 15 is 0 Å². The van der Waals surface area contributed by atoms with Crippen molar-refractivity contribution in [3.8, 4) is 56.7 Å². The van der Waals surface area contributed by atoms with Gasteiger partial charge in [-0.3, -0.25) is 27.1 Å². The first-order valence-corrected chi connectivity index (χ1v) is 51.2. The molecule has 0 amide bonds. The van der Waals surface area contributed by atoms with Crippen LogP contribution >= 0.6 is 22.7 Å². The maximum Gasteiger partial charge on any atom is 0.221 e. The molecule has 0 unspecified atom stereocenters. The lowest BCUT2D eigenvalue weighted by Crippen LogP contribution is -2.74. The second-order valence-electron chi connectivity index (χ2n) is 35.1. The third-order valence-corrected chi connectivity index (χ3v) is 40.6. The number of imidazole rings is 4. The largest absolute Gasteiger partial charge is 0.294 e. The van der Waals surface area contributed by atoms with Crippen LogP contribution in [-0.4, -0.2) is 63.2 Å². The molecule has 0 fully saturated rings. The summed E-state index contributed by atoms with van der Waals surface area (Å²) in [4.78, 5) is 22.9. The predicted molar refractivity (Wildman–Crippen MR) is 566 cm³/mol. The van der Waals surface area contributed by atoms with Crippen molar-refractivity contribution in [2.75, 3.05) is 0 Å². The van der Waals surface area contributed by atoms with Crippen molar-refractivity contribution in [1.82, 2.24) is 47.0 Å². The van der Waals surface area contributed by atoms with Crippen molar-refractivity contribution >= 4 is 220 Å². The SMILES string of the molecule is c1ccc([Si](c2ccccc2)(c2ccc(-c3cc(-n4c5ccccc5c5ccccc54)nc(-n4c5ccccc5c5cc(-c6ccc7nc8n(-c9cc(-c%10ccc([Si](c%11ccccc%11)(c%11ccccc%11)c%11cccc%12c%11sc%11ccccc%11%12)cc%10)cc(-n%10c%11ccccc%11n%11c%12ccccc%12nc%10%11)n9)c9ccccc9n8c7c6)ccc54)c3)cc2)c2cccc3c2sc2ccccc23)cc1. The molecule has 0 atom stereocenters. The van der Waals surface area contributed by atoms with E-state index in [1.807, 2.05) is 22.7 Å². The number of aromatic nitrogens is 10. The van der Waals surface area contributed by atoms with Gasteiger partial charge >= 0.3 is 0 Å². The third kappa shape index (κ3) is 11.3. The second-order valence-corrected chi connectivity index (χ2v) is 44.8. The minimum absolute atomic E-state index is 0.717. The molecule has 134 heavy (non-hydrogen) atoms. The van der Waals surface area contributed by atoms with Crippen LogP contribution in [0.1, 0.15) is 0 Å². The number of para-hydroxylation sites is 9. The Bertz CT molecular complexity index is 9530. The van der Waals surface area contributed by atoms with Gasteiger partial charge in [0.15, 0.2) is 16.1 Å². The first kappa shape index (κ1) is 76.2. The summed E-state index contributed by atoms with van der Waals surface area (Å²) in [7, 11) is -6.13. The summed E-state index contributed by atoms with van der Waals surface area (Å²) in [6.45, 7) is 0. The van der Waals surface area contributed by atoms with E-state index in [0.29, 0.717) is 5.82 Å². The van der Waals surface area contributed by atoms with Crippen molar-refractivity contribution in [2.24, 2.45) is 0 Å². The van der Waals surface area contributed by atoms with Gasteiger partial charge in [-0.05, 0) is 190 Å². The van der Waals surface area contributed by atoms with E-state index in [4.69, 9.17) is 19.9 Å². The van der Waals surface area contributed by atoms with Gasteiger partial charge < -0.3 is 0 Å². The first-order chi connectivity index (χ1) is 66.4. The van der Waals surface area contributed by atoms with Crippen molar-refractivity contribution in [3.63, 3.8) is 0 Å². The molecule has 18 aromatic carbocycles. The summed E-state index contributed by atoms with van der Waals surface area (Å²) in [5.41, 5.74) is 18.4. The van der Waals surface area contributed by atoms with Crippen LogP contribution in [0.25, 0.3) is 196 Å². The molecule has 626 valence electrons. The smallest absolute Gasteiger partial charge is 0.221 e. The highest BCUT2D eigenvalue weighted by atomic mass is 32.1. The van der Waals surface area contributed by atoms with Crippen molar-refractivity contribution in [3.05, 3.63) is 461 Å². The molecule has 0 aliphatic carbocycles. The van der Waals surface area contributed by atoms with Gasteiger partial charge in [-0.2, -0.15) is 0 Å². The van der Waals surface area contributed by atoms with Crippen LogP contribution in [0.3, 0.4) is 0 Å². The molecule has 0 bridgehead atoms. The Labute approximate surface area is 778 Å². The standard InChI is InChI=1S/C120H76N10S2Si2/c1-5-31-83(32-6-1)133(84-33-7-2-8-34-84,111-57-29-44-94-92-42-16-27-55-109(92)131-117(94)111)87-65-59-77(60-66-87)81-73-113(125-99-47-19-13-39-89(99)90-40-14-20-48-100(90)125)123-114(74-81)126-101-49-21-15-41-91(101)96-71-79(64-70-102(96)126)80-63-69-98-108(72-80)128-105-52-24-26-54-107(105)130(120(128)122-98)116-76-82(75-115(124-116)129-106-53-25-23-51-104(106)127-103-50-22-18-46-97(103)121-119(127)129)78-61-67-88(68-62-78)134(85-35-9-3-10-36-85,86-37-11-4-12-38-86)112-58-30-45-95-93-43-17-28-56-110(93)132-118(95)112/h1-76H. The summed E-state index contributed by atoms with van der Waals surface area (Å²) in [5.74, 6) is 4.61. The summed E-state index contributed by atoms with van der Waals surface area (Å²) in [5, 5.41) is 20.5. The molecule has 10 nitrogen and oxygen atoms in total. The van der Waals surface area contributed by atoms with Crippen molar-refractivity contribution < 1.29 is 0 Å². The van der Waals surface area contributed by atoms with E-state index in [2.05, 4.69) is 488 Å². The molecule has 10 aromatic heterocycles. The van der Waals surface area contributed by atoms with Gasteiger partial charge in [0.1, 0.15) is 23.3 Å². The van der Waals surface area contributed by atoms with Gasteiger partial charge in [-0.15, -0.1) is 22.7 Å². The number of pyridine rings is 2. The normalized spacial score (nSPS) is 12.3. The van der Waals surface area contributed by atoms with E-state index in [0.717, 1.165) is 139 Å². The lowest BCUT2D eigenvalue weighted by Gasteiger charge is -2.35. The number of hydrogen-bond acceptors (Lipinski definition) is 6. The Balaban J connectivity index is 0.604. The zero-order valence-corrected chi connectivity index (χ0v) is 75.8. The second kappa shape index (κ2) is 29.9. The molecule has 0 aliphatic rings. The van der Waals surface area contributed by atoms with Gasteiger partial charge in [-0.25, -0.2) is 19.9 Å². The minimum Gasteiger partial charge on any atom is -0.294 e. The highest BCUT2D eigenvalue weighted by molar-refractivity contribution is 7.31. The molecule has 0 saturated carbocycles. The average molecular weight is 1780 g/mol. The molecular weight excluding hydrogens is 1700 g/mol. The molecule has 28 rings (SSSR count).